The fraction of sp³-hybridized carbons (Fsp3) is 0.214. The molecule has 2 rings (SSSR count). The molecule has 1 N–H and O–H groups in total. The Morgan fingerprint density at radius 1 is 1.26 bits per heavy atom. The maximum absolute atomic E-state index is 11.9. The van der Waals surface area contributed by atoms with Gasteiger partial charge in [0.15, 0.2) is 11.6 Å². The average molecular weight is 259 g/mol. The number of carbonyl (C=O) groups excluding carboxylic acids is 3. The van der Waals surface area contributed by atoms with Crippen molar-refractivity contribution in [3.8, 4) is 0 Å². The number of hydrogen-bond acceptors (Lipinski definition) is 4. The van der Waals surface area contributed by atoms with Crippen LogP contribution in [0.2, 0.25) is 0 Å². The van der Waals surface area contributed by atoms with Crippen molar-refractivity contribution in [3.05, 3.63) is 47.5 Å². The van der Waals surface area contributed by atoms with E-state index in [2.05, 4.69) is 10.3 Å². The molecule has 1 amide bonds. The van der Waals surface area contributed by atoms with Crippen molar-refractivity contribution in [3.63, 3.8) is 0 Å². The van der Waals surface area contributed by atoms with Crippen LogP contribution < -0.4 is 5.48 Å². The van der Waals surface area contributed by atoms with E-state index in [-0.39, 0.29) is 18.0 Å². The number of allylic oxidation sites excluding steroid dienone is 2. The van der Waals surface area contributed by atoms with E-state index in [9.17, 15) is 14.4 Å². The summed E-state index contributed by atoms with van der Waals surface area (Å²) >= 11 is 0. The summed E-state index contributed by atoms with van der Waals surface area (Å²) in [6.07, 6.45) is 2.63. The van der Waals surface area contributed by atoms with Crippen LogP contribution in [0.4, 0.5) is 0 Å². The molecule has 5 heteroatoms. The summed E-state index contributed by atoms with van der Waals surface area (Å²) in [4.78, 5) is 39.7. The van der Waals surface area contributed by atoms with Gasteiger partial charge >= 0.3 is 0 Å². The molecule has 1 atom stereocenters. The number of ketones is 2. The summed E-state index contributed by atoms with van der Waals surface area (Å²) < 4.78 is 0. The molecule has 1 aliphatic rings. The minimum absolute atomic E-state index is 0.0899. The van der Waals surface area contributed by atoms with E-state index >= 15 is 0 Å². The van der Waals surface area contributed by atoms with Gasteiger partial charge in [0, 0.05) is 12.0 Å². The molecule has 98 valence electrons. The average Bonchev–Trinajstić information content (AvgIpc) is 2.42. The van der Waals surface area contributed by atoms with E-state index in [1.165, 1.54) is 19.3 Å². The molecule has 0 saturated carbocycles. The van der Waals surface area contributed by atoms with Gasteiger partial charge in [-0.25, -0.2) is 5.48 Å². The fourth-order valence-electron chi connectivity index (χ4n) is 2.08. The first kappa shape index (κ1) is 13.2. The lowest BCUT2D eigenvalue weighted by molar-refractivity contribution is -0.122. The lowest BCUT2D eigenvalue weighted by Crippen LogP contribution is -2.26. The minimum Gasteiger partial charge on any atom is -0.295 e. The first-order chi connectivity index (χ1) is 9.13. The molecule has 1 aromatic carbocycles. The Bertz CT molecular complexity index is 562. The van der Waals surface area contributed by atoms with Crippen LogP contribution in [-0.2, 0) is 14.4 Å². The fourth-order valence-corrected chi connectivity index (χ4v) is 2.08. The van der Waals surface area contributed by atoms with Gasteiger partial charge in [0.1, 0.15) is 0 Å². The van der Waals surface area contributed by atoms with Crippen LogP contribution in [-0.4, -0.2) is 24.6 Å². The monoisotopic (exact) mass is 259 g/mol. The smallest absolute Gasteiger partial charge is 0.275 e. The predicted molar refractivity (Wildman–Crippen MR) is 67.4 cm³/mol. The van der Waals surface area contributed by atoms with Crippen molar-refractivity contribution in [2.45, 2.75) is 12.3 Å². The van der Waals surface area contributed by atoms with Crippen LogP contribution in [0.25, 0.3) is 0 Å². The van der Waals surface area contributed by atoms with Gasteiger partial charge in [-0.15, -0.1) is 0 Å². The number of carbonyl (C=O) groups is 3. The third-order valence-electron chi connectivity index (χ3n) is 2.96. The molecule has 0 saturated heterocycles. The van der Waals surface area contributed by atoms with Crippen molar-refractivity contribution in [1.82, 2.24) is 5.48 Å². The van der Waals surface area contributed by atoms with Crippen LogP contribution in [0.1, 0.15) is 28.3 Å². The molecule has 0 unspecified atom stereocenters. The Kier molecular flexibility index (Phi) is 3.87. The summed E-state index contributed by atoms with van der Waals surface area (Å²) in [5.74, 6) is -1.33. The molecule has 0 aliphatic heterocycles. The highest BCUT2D eigenvalue weighted by Gasteiger charge is 2.28. The van der Waals surface area contributed by atoms with Gasteiger partial charge in [-0.05, 0) is 23.8 Å². The van der Waals surface area contributed by atoms with Crippen LogP contribution in [0.15, 0.2) is 36.4 Å². The van der Waals surface area contributed by atoms with Gasteiger partial charge in [0.05, 0.1) is 13.0 Å². The first-order valence-electron chi connectivity index (χ1n) is 5.80. The maximum Gasteiger partial charge on any atom is 0.275 e. The summed E-state index contributed by atoms with van der Waals surface area (Å²) in [5.41, 5.74) is 3.09. The standard InChI is InChI=1S/C14H13NO4/c1-19-15-14(18)11-5-3-2-4-10(11)12-8-9(16)6-7-13(12)17/h2-7,12H,8H2,1H3,(H,15,18)/t12-/m0/s1. The van der Waals surface area contributed by atoms with E-state index in [0.29, 0.717) is 11.1 Å². The number of benzene rings is 1. The van der Waals surface area contributed by atoms with E-state index in [1.807, 2.05) is 0 Å². The zero-order valence-electron chi connectivity index (χ0n) is 10.4. The zero-order valence-corrected chi connectivity index (χ0v) is 10.4. The molecule has 1 aliphatic carbocycles. The Balaban J connectivity index is 2.39. The highest BCUT2D eigenvalue weighted by atomic mass is 16.6. The van der Waals surface area contributed by atoms with Gasteiger partial charge in [0.25, 0.3) is 5.91 Å². The molecular weight excluding hydrogens is 246 g/mol. The lowest BCUT2D eigenvalue weighted by Gasteiger charge is -2.18. The van der Waals surface area contributed by atoms with Crippen molar-refractivity contribution < 1.29 is 19.2 Å². The number of amides is 1. The van der Waals surface area contributed by atoms with E-state index in [4.69, 9.17) is 0 Å². The summed E-state index contributed by atoms with van der Waals surface area (Å²) in [6, 6.07) is 6.70. The van der Waals surface area contributed by atoms with E-state index in [1.54, 1.807) is 24.3 Å². The molecule has 0 heterocycles. The minimum atomic E-state index is -0.601. The second-order valence-corrected chi connectivity index (χ2v) is 4.18. The zero-order chi connectivity index (χ0) is 13.8. The molecule has 0 spiro atoms. The summed E-state index contributed by atoms with van der Waals surface area (Å²) in [6.45, 7) is 0. The summed E-state index contributed by atoms with van der Waals surface area (Å²) in [5, 5.41) is 0. The molecule has 0 aromatic heterocycles. The van der Waals surface area contributed by atoms with Crippen molar-refractivity contribution in [2.24, 2.45) is 0 Å². The molecule has 0 bridgehead atoms. The maximum atomic E-state index is 11.9. The second kappa shape index (κ2) is 5.58. The summed E-state index contributed by atoms with van der Waals surface area (Å²) in [7, 11) is 1.33. The predicted octanol–water partition coefficient (Wildman–Crippen LogP) is 1.16. The third-order valence-corrected chi connectivity index (χ3v) is 2.96. The van der Waals surface area contributed by atoms with Crippen LogP contribution in [0.3, 0.4) is 0 Å². The quantitative estimate of drug-likeness (QED) is 0.827. The Morgan fingerprint density at radius 3 is 2.74 bits per heavy atom. The Hall–Kier alpha value is -2.27. The van der Waals surface area contributed by atoms with Gasteiger partial charge in [0.2, 0.25) is 0 Å². The first-order valence-corrected chi connectivity index (χ1v) is 5.80. The van der Waals surface area contributed by atoms with Crippen molar-refractivity contribution in [1.29, 1.82) is 0 Å². The van der Waals surface area contributed by atoms with Crippen molar-refractivity contribution in [2.75, 3.05) is 7.11 Å². The highest BCUT2D eigenvalue weighted by Crippen LogP contribution is 2.27. The van der Waals surface area contributed by atoms with Crippen LogP contribution in [0, 0.1) is 0 Å². The van der Waals surface area contributed by atoms with Gasteiger partial charge < -0.3 is 0 Å². The Morgan fingerprint density at radius 2 is 2.00 bits per heavy atom. The van der Waals surface area contributed by atoms with Crippen LogP contribution in [0.5, 0.6) is 0 Å². The second-order valence-electron chi connectivity index (χ2n) is 4.18. The van der Waals surface area contributed by atoms with Gasteiger partial charge in [-0.1, -0.05) is 18.2 Å². The number of nitrogens with one attached hydrogen (secondary N) is 1. The molecule has 0 radical (unpaired) electrons. The highest BCUT2D eigenvalue weighted by molar-refractivity contribution is 6.09. The molecule has 19 heavy (non-hydrogen) atoms. The van der Waals surface area contributed by atoms with Gasteiger partial charge in [-0.3, -0.25) is 19.2 Å². The molecule has 0 fully saturated rings. The molecule has 5 nitrogen and oxygen atoms in total. The normalized spacial score (nSPS) is 18.5. The topological polar surface area (TPSA) is 72.5 Å². The number of rotatable bonds is 3. The number of hydroxylamine groups is 1. The SMILES string of the molecule is CONC(=O)c1ccccc1[C@@H]1CC(=O)C=CC1=O. The van der Waals surface area contributed by atoms with Gasteiger partial charge in [-0.2, -0.15) is 0 Å². The van der Waals surface area contributed by atoms with E-state index in [0.717, 1.165) is 0 Å². The Labute approximate surface area is 110 Å². The molecular formula is C14H13NO4. The number of hydrogen-bond donors (Lipinski definition) is 1. The van der Waals surface area contributed by atoms with E-state index < -0.39 is 11.8 Å². The van der Waals surface area contributed by atoms with Crippen molar-refractivity contribution >= 4 is 17.5 Å². The third kappa shape index (κ3) is 2.77. The van der Waals surface area contributed by atoms with Crippen LogP contribution >= 0.6 is 0 Å². The lowest BCUT2D eigenvalue weighted by atomic mass is 9.83. The molecule has 1 aromatic rings. The largest absolute Gasteiger partial charge is 0.295 e.